The molecule has 0 aromatic heterocycles. The third kappa shape index (κ3) is 9.23. The molecule has 0 amide bonds. The molecule has 414 valence electrons. The van der Waals surface area contributed by atoms with E-state index < -0.39 is 0 Å². The number of hydrogen-bond acceptors (Lipinski definition) is 18. The van der Waals surface area contributed by atoms with E-state index in [1.807, 2.05) is 36.4 Å². The Labute approximate surface area is 453 Å². The topological polar surface area (TPSA) is 166 Å². The smallest absolute Gasteiger partial charge is 0.203 e. The third-order valence-corrected chi connectivity index (χ3v) is 14.9. The summed E-state index contributed by atoms with van der Waals surface area (Å²) in [7, 11) is 19.3. The van der Waals surface area contributed by atoms with E-state index in [9.17, 15) is 0 Å². The zero-order chi connectivity index (χ0) is 54.8. The van der Waals surface area contributed by atoms with Gasteiger partial charge in [0.25, 0.3) is 0 Å². The standard InChI is InChI=1S/C60H66O18/c1-61-43-25-31-19-38-33-21-39-32-20-37(31)49(67-7)55(43)73-13-14-74-57-46(64-4)28-34-23-41-36(30-48(66-6)60(53(41)71-11)78-18-17-76-58(51(39)69-9)44(26-32)62-2)24-42-35(22-40(34)52(57)70-10)29-47(65-5)59(54(42)72-12)77-16-15-75-56(50(38)68-8)45(27-33)63-3/h25-30H,13-24H2,1-12H3. The average Bonchev–Trinajstić information content (AvgIpc) is 3.62. The van der Waals surface area contributed by atoms with Crippen molar-refractivity contribution >= 4 is 0 Å². The molecule has 12 heterocycles. The summed E-state index contributed by atoms with van der Waals surface area (Å²) in [6.07, 6.45) is 2.03. The van der Waals surface area contributed by atoms with Crippen LogP contribution in [0, 0.1) is 0 Å². The Morgan fingerprint density at radius 3 is 0.474 bits per heavy atom. The van der Waals surface area contributed by atoms with E-state index >= 15 is 0 Å². The van der Waals surface area contributed by atoms with E-state index in [-0.39, 0.29) is 39.6 Å². The van der Waals surface area contributed by atoms with Crippen LogP contribution in [0.5, 0.6) is 103 Å². The maximum Gasteiger partial charge on any atom is 0.203 e. The second-order valence-corrected chi connectivity index (χ2v) is 18.6. The first kappa shape index (κ1) is 53.1. The van der Waals surface area contributed by atoms with Crippen LogP contribution < -0.4 is 85.3 Å². The first-order chi connectivity index (χ1) is 38.1. The normalized spacial score (nSPS) is 14.2. The first-order valence-corrected chi connectivity index (χ1v) is 25.5. The molecule has 78 heavy (non-hydrogen) atoms. The van der Waals surface area contributed by atoms with Crippen molar-refractivity contribution in [2.75, 3.05) is 125 Å². The molecule has 0 unspecified atom stereocenters. The van der Waals surface area contributed by atoms with Gasteiger partial charge in [-0.15, -0.1) is 0 Å². The predicted molar refractivity (Wildman–Crippen MR) is 287 cm³/mol. The van der Waals surface area contributed by atoms with Gasteiger partial charge in [-0.05, 0) is 69.8 Å². The van der Waals surface area contributed by atoms with Gasteiger partial charge >= 0.3 is 0 Å². The monoisotopic (exact) mass is 1070 g/mol. The Bertz CT molecular complexity index is 2700. The zero-order valence-corrected chi connectivity index (χ0v) is 46.3. The molecule has 2 aliphatic carbocycles. The highest BCUT2D eigenvalue weighted by Crippen LogP contribution is 2.54. The van der Waals surface area contributed by atoms with Gasteiger partial charge in [-0.2, -0.15) is 0 Å². The molecule has 14 aliphatic rings. The van der Waals surface area contributed by atoms with Crippen molar-refractivity contribution in [1.82, 2.24) is 0 Å². The van der Waals surface area contributed by atoms with Gasteiger partial charge in [-0.1, -0.05) is 0 Å². The highest BCUT2D eigenvalue weighted by atomic mass is 16.6. The molecule has 0 saturated carbocycles. The van der Waals surface area contributed by atoms with Crippen molar-refractivity contribution in [3.63, 3.8) is 0 Å². The molecule has 0 atom stereocenters. The molecule has 20 rings (SSSR count). The second kappa shape index (κ2) is 22.7. The van der Waals surface area contributed by atoms with E-state index in [1.165, 1.54) is 0 Å². The number of benzene rings is 6. The van der Waals surface area contributed by atoms with Crippen LogP contribution >= 0.6 is 0 Å². The summed E-state index contributed by atoms with van der Waals surface area (Å²) >= 11 is 0. The van der Waals surface area contributed by atoms with Gasteiger partial charge in [-0.25, -0.2) is 0 Å². The van der Waals surface area contributed by atoms with Crippen molar-refractivity contribution < 1.29 is 85.3 Å². The van der Waals surface area contributed by atoms with E-state index in [0.29, 0.717) is 142 Å². The summed E-state index contributed by atoms with van der Waals surface area (Å²) in [4.78, 5) is 0. The quantitative estimate of drug-likeness (QED) is 0.114. The van der Waals surface area contributed by atoms with Gasteiger partial charge in [0.15, 0.2) is 69.0 Å². The minimum absolute atomic E-state index is 0.0557. The summed E-state index contributed by atoms with van der Waals surface area (Å²) in [5.41, 5.74) is 10.1. The Morgan fingerprint density at radius 2 is 0.359 bits per heavy atom. The Balaban J connectivity index is 1.31. The van der Waals surface area contributed by atoms with Crippen LogP contribution in [-0.4, -0.2) is 125 Å². The molecule has 0 fully saturated rings. The molecule has 12 aliphatic heterocycles. The van der Waals surface area contributed by atoms with Gasteiger partial charge in [0.2, 0.25) is 34.5 Å². The molecule has 0 N–H and O–H groups in total. The van der Waals surface area contributed by atoms with Crippen LogP contribution in [-0.2, 0) is 38.5 Å². The van der Waals surface area contributed by atoms with Crippen molar-refractivity contribution in [1.29, 1.82) is 0 Å². The number of ether oxygens (including phenoxy) is 18. The van der Waals surface area contributed by atoms with Gasteiger partial charge in [-0.3, -0.25) is 0 Å². The number of methoxy groups -OCH3 is 12. The highest BCUT2D eigenvalue weighted by Gasteiger charge is 2.35. The van der Waals surface area contributed by atoms with Crippen LogP contribution in [0.4, 0.5) is 0 Å². The van der Waals surface area contributed by atoms with Crippen molar-refractivity contribution in [2.24, 2.45) is 0 Å². The van der Waals surface area contributed by atoms with Crippen molar-refractivity contribution in [3.8, 4) is 103 Å². The summed E-state index contributed by atoms with van der Waals surface area (Å²) in [5, 5.41) is 0. The lowest BCUT2D eigenvalue weighted by Crippen LogP contribution is -2.14. The number of rotatable bonds is 12. The lowest BCUT2D eigenvalue weighted by Gasteiger charge is -2.24. The van der Waals surface area contributed by atoms with E-state index in [4.69, 9.17) is 85.3 Å². The molecular weight excluding hydrogens is 1010 g/mol. The maximum atomic E-state index is 6.73. The van der Waals surface area contributed by atoms with Gasteiger partial charge in [0, 0.05) is 71.9 Å². The molecular formula is C60H66O18. The fraction of sp³-hybridized carbons (Fsp3) is 0.400. The average molecular weight is 1080 g/mol. The molecule has 0 saturated heterocycles. The summed E-state index contributed by atoms with van der Waals surface area (Å²) in [6.45, 7) is 0.334. The van der Waals surface area contributed by atoms with Gasteiger partial charge < -0.3 is 85.3 Å². The number of hydrogen-bond donors (Lipinski definition) is 0. The first-order valence-electron chi connectivity index (χ1n) is 25.5. The van der Waals surface area contributed by atoms with Gasteiger partial charge in [0.05, 0.1) is 85.3 Å². The summed E-state index contributed by atoms with van der Waals surface area (Å²) in [6, 6.07) is 11.9. The fourth-order valence-electron chi connectivity index (χ4n) is 11.4. The lowest BCUT2D eigenvalue weighted by molar-refractivity contribution is 0.194. The van der Waals surface area contributed by atoms with E-state index in [0.717, 1.165) is 66.8 Å². The predicted octanol–water partition coefficient (Wildman–Crippen LogP) is 8.96. The van der Waals surface area contributed by atoms with E-state index in [1.54, 1.807) is 85.3 Å². The van der Waals surface area contributed by atoms with Gasteiger partial charge in [0.1, 0.15) is 39.6 Å². The molecule has 6 aromatic rings. The lowest BCUT2D eigenvalue weighted by atomic mass is 9.92. The highest BCUT2D eigenvalue weighted by molar-refractivity contribution is 5.71. The van der Waals surface area contributed by atoms with Crippen LogP contribution in [0.2, 0.25) is 0 Å². The second-order valence-electron chi connectivity index (χ2n) is 18.6. The molecule has 6 aromatic carbocycles. The minimum atomic E-state index is 0.0557. The minimum Gasteiger partial charge on any atom is -0.493 e. The van der Waals surface area contributed by atoms with E-state index in [2.05, 4.69) is 0 Å². The Kier molecular flexibility index (Phi) is 15.5. The van der Waals surface area contributed by atoms with Crippen LogP contribution in [0.15, 0.2) is 36.4 Å². The molecule has 0 radical (unpaired) electrons. The van der Waals surface area contributed by atoms with Crippen LogP contribution in [0.3, 0.4) is 0 Å². The molecule has 0 spiro atoms. The maximum absolute atomic E-state index is 6.73. The SMILES string of the molecule is COc1cc2c3c(OC)c1OCCOc1c(OC)cc4c(c1OC)Cc1cc(OC)c5c(OC)c1Cc1cc(OC)c(c(OC)c1C4)OCCOc1c(OC)cc(c(c1OC)Cc1cc(OC)c(c(OC)c1C2)OCCO5)C3. The molecule has 18 heteroatoms. The van der Waals surface area contributed by atoms with Crippen molar-refractivity contribution in [2.45, 2.75) is 38.5 Å². The fourth-order valence-corrected chi connectivity index (χ4v) is 11.4. The largest absolute Gasteiger partial charge is 0.493 e. The third-order valence-electron chi connectivity index (χ3n) is 14.9. The molecule has 18 nitrogen and oxygen atoms in total. The molecule has 18 bridgehead atoms. The summed E-state index contributed by atoms with van der Waals surface area (Å²) < 4.78 is 116. The van der Waals surface area contributed by atoms with Crippen molar-refractivity contribution in [3.05, 3.63) is 103 Å². The Hall–Kier alpha value is -8.28. The summed E-state index contributed by atoms with van der Waals surface area (Å²) in [5.74, 6) is 7.76. The van der Waals surface area contributed by atoms with Crippen LogP contribution in [0.1, 0.15) is 66.8 Å². The van der Waals surface area contributed by atoms with Crippen LogP contribution in [0.25, 0.3) is 0 Å². The zero-order valence-electron chi connectivity index (χ0n) is 46.3. The Morgan fingerprint density at radius 1 is 0.218 bits per heavy atom.